The third-order valence-electron chi connectivity index (χ3n) is 5.55. The Bertz CT molecular complexity index is 906. The number of rotatable bonds is 17. The molecular weight excluding hydrogens is 460 g/mol. The fraction of sp³-hybridized carbons (Fsp3) is 0.379. The molecule has 0 unspecified atom stereocenters. The molecule has 0 radical (unpaired) electrons. The van der Waals surface area contributed by atoms with Gasteiger partial charge in [0.25, 0.3) is 0 Å². The Labute approximate surface area is 213 Å². The molecule has 0 aromatic heterocycles. The van der Waals surface area contributed by atoms with Crippen molar-refractivity contribution in [3.63, 3.8) is 0 Å². The molecule has 0 bridgehead atoms. The van der Waals surface area contributed by atoms with E-state index in [1.165, 1.54) is 0 Å². The van der Waals surface area contributed by atoms with Crippen LogP contribution in [0.15, 0.2) is 78.9 Å². The Morgan fingerprint density at radius 3 is 1.39 bits per heavy atom. The fourth-order valence-corrected chi connectivity index (χ4v) is 3.80. The summed E-state index contributed by atoms with van der Waals surface area (Å²) in [4.78, 5) is 0. The lowest BCUT2D eigenvalue weighted by Crippen LogP contribution is -2.14. The van der Waals surface area contributed by atoms with E-state index in [1.54, 1.807) is 21.3 Å². The summed E-state index contributed by atoms with van der Waals surface area (Å²) in [5, 5.41) is 0. The predicted molar refractivity (Wildman–Crippen MR) is 137 cm³/mol. The van der Waals surface area contributed by atoms with Crippen LogP contribution in [0, 0.1) is 0 Å². The van der Waals surface area contributed by atoms with Gasteiger partial charge >= 0.3 is 0 Å². The Balaban J connectivity index is 1.59. The van der Waals surface area contributed by atoms with Gasteiger partial charge in [-0.15, -0.1) is 0 Å². The van der Waals surface area contributed by atoms with Gasteiger partial charge in [0.1, 0.15) is 31.5 Å². The second kappa shape index (κ2) is 16.1. The number of para-hydroxylation sites is 1. The molecule has 0 aliphatic heterocycles. The van der Waals surface area contributed by atoms with Crippen LogP contribution in [-0.2, 0) is 41.6 Å². The van der Waals surface area contributed by atoms with Crippen LogP contribution < -0.4 is 4.74 Å². The summed E-state index contributed by atoms with van der Waals surface area (Å²) < 4.78 is 39.6. The summed E-state index contributed by atoms with van der Waals surface area (Å²) in [6.45, 7) is 1.90. The Morgan fingerprint density at radius 1 is 0.556 bits per heavy atom. The smallest absolute Gasteiger partial charge is 0.147 e. The van der Waals surface area contributed by atoms with Crippen molar-refractivity contribution in [2.45, 2.75) is 25.4 Å². The van der Waals surface area contributed by atoms with Crippen molar-refractivity contribution in [2.24, 2.45) is 0 Å². The van der Waals surface area contributed by atoms with Crippen LogP contribution >= 0.6 is 0 Å². The molecule has 0 aliphatic rings. The lowest BCUT2D eigenvalue weighted by Gasteiger charge is -2.20. The van der Waals surface area contributed by atoms with Gasteiger partial charge in [-0.25, -0.2) is 0 Å². The highest BCUT2D eigenvalue weighted by molar-refractivity contribution is 5.41. The van der Waals surface area contributed by atoms with E-state index in [4.69, 9.17) is 33.2 Å². The van der Waals surface area contributed by atoms with E-state index < -0.39 is 0 Å². The van der Waals surface area contributed by atoms with E-state index in [1.807, 2.05) is 78.9 Å². The topological polar surface area (TPSA) is 64.6 Å². The van der Waals surface area contributed by atoms with Crippen LogP contribution in [0.25, 0.3) is 0 Å². The van der Waals surface area contributed by atoms with Crippen LogP contribution in [0.1, 0.15) is 34.5 Å². The minimum absolute atomic E-state index is 0.192. The van der Waals surface area contributed by atoms with E-state index in [0.717, 1.165) is 28.0 Å². The lowest BCUT2D eigenvalue weighted by atomic mass is 10.1. The SMILES string of the molecule is COCO[C@@H](COCc1cccc(COC[C@H](OCOC)c2ccccc2)c1OC)c1ccccc1. The average Bonchev–Trinajstić information content (AvgIpc) is 2.93. The molecule has 194 valence electrons. The molecule has 3 rings (SSSR count). The first-order chi connectivity index (χ1) is 17.8. The first-order valence-electron chi connectivity index (χ1n) is 11.9. The Morgan fingerprint density at radius 2 is 1.00 bits per heavy atom. The number of methoxy groups -OCH3 is 3. The maximum Gasteiger partial charge on any atom is 0.147 e. The molecule has 36 heavy (non-hydrogen) atoms. The number of hydrogen-bond donors (Lipinski definition) is 0. The molecule has 0 fully saturated rings. The van der Waals surface area contributed by atoms with E-state index in [9.17, 15) is 0 Å². The molecule has 2 atom stereocenters. The summed E-state index contributed by atoms with van der Waals surface area (Å²) in [5.74, 6) is 0.751. The first-order valence-corrected chi connectivity index (χ1v) is 11.9. The van der Waals surface area contributed by atoms with Gasteiger partial charge in [0.15, 0.2) is 0 Å². The molecule has 0 N–H and O–H groups in total. The van der Waals surface area contributed by atoms with Crippen LogP contribution in [0.5, 0.6) is 5.75 Å². The molecular formula is C29H36O7. The summed E-state index contributed by atoms with van der Waals surface area (Å²) in [7, 11) is 4.87. The van der Waals surface area contributed by atoms with Crippen LogP contribution in [0.3, 0.4) is 0 Å². The third kappa shape index (κ3) is 8.71. The molecule has 0 heterocycles. The zero-order valence-corrected chi connectivity index (χ0v) is 21.3. The molecule has 0 aliphatic carbocycles. The Kier molecular flexibility index (Phi) is 12.4. The van der Waals surface area contributed by atoms with Gasteiger partial charge in [-0.1, -0.05) is 78.9 Å². The van der Waals surface area contributed by atoms with Crippen molar-refractivity contribution in [1.82, 2.24) is 0 Å². The van der Waals surface area contributed by atoms with Crippen LogP contribution in [0.4, 0.5) is 0 Å². The van der Waals surface area contributed by atoms with Gasteiger partial charge in [0, 0.05) is 25.3 Å². The van der Waals surface area contributed by atoms with E-state index in [-0.39, 0.29) is 25.8 Å². The fourth-order valence-electron chi connectivity index (χ4n) is 3.80. The molecule has 7 heteroatoms. The highest BCUT2D eigenvalue weighted by atomic mass is 16.7. The minimum atomic E-state index is -0.231. The molecule has 3 aromatic carbocycles. The van der Waals surface area contributed by atoms with Crippen LogP contribution in [-0.4, -0.2) is 48.1 Å². The predicted octanol–water partition coefficient (Wildman–Crippen LogP) is 5.45. The monoisotopic (exact) mass is 496 g/mol. The number of benzene rings is 3. The van der Waals surface area contributed by atoms with Crippen molar-refractivity contribution >= 4 is 0 Å². The maximum atomic E-state index is 6.04. The van der Waals surface area contributed by atoms with Gasteiger partial charge in [-0.2, -0.15) is 0 Å². The van der Waals surface area contributed by atoms with Crippen molar-refractivity contribution < 1.29 is 33.2 Å². The highest BCUT2D eigenvalue weighted by Crippen LogP contribution is 2.27. The normalized spacial score (nSPS) is 12.9. The van der Waals surface area contributed by atoms with Crippen molar-refractivity contribution in [3.05, 3.63) is 101 Å². The van der Waals surface area contributed by atoms with Gasteiger partial charge in [-0.05, 0) is 11.1 Å². The lowest BCUT2D eigenvalue weighted by molar-refractivity contribution is -0.101. The molecule has 0 spiro atoms. The van der Waals surface area contributed by atoms with E-state index >= 15 is 0 Å². The molecule has 0 amide bonds. The van der Waals surface area contributed by atoms with E-state index in [0.29, 0.717) is 26.4 Å². The second-order valence-corrected chi connectivity index (χ2v) is 8.08. The standard InChI is InChI=1S/C29H36O7/c1-30-21-35-27(23-11-6-4-7-12-23)19-33-17-25-15-10-16-26(29(25)32-3)18-34-20-28(36-22-31-2)24-13-8-5-9-14-24/h4-16,27-28H,17-22H2,1-3H3/t27-,28-/m0/s1. The highest BCUT2D eigenvalue weighted by Gasteiger charge is 2.16. The molecule has 0 saturated heterocycles. The summed E-state index contributed by atoms with van der Waals surface area (Å²) in [6.07, 6.45) is -0.462. The van der Waals surface area contributed by atoms with Crippen molar-refractivity contribution in [2.75, 3.05) is 48.1 Å². The maximum absolute atomic E-state index is 6.04. The summed E-state index contributed by atoms with van der Waals surface area (Å²) in [6, 6.07) is 25.9. The zero-order chi connectivity index (χ0) is 25.4. The summed E-state index contributed by atoms with van der Waals surface area (Å²) >= 11 is 0. The minimum Gasteiger partial charge on any atom is -0.496 e. The third-order valence-corrected chi connectivity index (χ3v) is 5.55. The second-order valence-electron chi connectivity index (χ2n) is 8.08. The number of ether oxygens (including phenoxy) is 7. The van der Waals surface area contributed by atoms with Gasteiger partial charge in [0.05, 0.1) is 33.5 Å². The Hall–Kier alpha value is -2.78. The van der Waals surface area contributed by atoms with Crippen LogP contribution in [0.2, 0.25) is 0 Å². The molecule has 0 saturated carbocycles. The van der Waals surface area contributed by atoms with Crippen molar-refractivity contribution in [1.29, 1.82) is 0 Å². The van der Waals surface area contributed by atoms with Gasteiger partial charge in [-0.3, -0.25) is 0 Å². The van der Waals surface area contributed by atoms with Gasteiger partial charge < -0.3 is 33.2 Å². The van der Waals surface area contributed by atoms with Crippen molar-refractivity contribution in [3.8, 4) is 5.75 Å². The number of hydrogen-bond acceptors (Lipinski definition) is 7. The molecule has 7 nitrogen and oxygen atoms in total. The zero-order valence-electron chi connectivity index (χ0n) is 21.3. The quantitative estimate of drug-likeness (QED) is 0.230. The van der Waals surface area contributed by atoms with E-state index in [2.05, 4.69) is 0 Å². The largest absolute Gasteiger partial charge is 0.496 e. The van der Waals surface area contributed by atoms with Gasteiger partial charge in [0.2, 0.25) is 0 Å². The summed E-state index contributed by atoms with van der Waals surface area (Å²) in [5.41, 5.74) is 3.94. The average molecular weight is 497 g/mol. The molecule has 3 aromatic rings. The first kappa shape index (κ1) is 27.8.